The van der Waals surface area contributed by atoms with Gasteiger partial charge in [-0.3, -0.25) is 20.2 Å². The number of aromatic nitrogens is 6. The van der Waals surface area contributed by atoms with Crippen LogP contribution in [0.25, 0.3) is 5.82 Å². The summed E-state index contributed by atoms with van der Waals surface area (Å²) in [7, 11) is 2.93. The fraction of sp³-hybridized carbons (Fsp3) is 0.174. The van der Waals surface area contributed by atoms with E-state index in [-0.39, 0.29) is 40.6 Å². The van der Waals surface area contributed by atoms with Crippen LogP contribution in [0.4, 0.5) is 5.69 Å². The summed E-state index contributed by atoms with van der Waals surface area (Å²) in [4.78, 5) is 39.5. The Morgan fingerprint density at radius 3 is 2.49 bits per heavy atom. The highest BCUT2D eigenvalue weighted by Crippen LogP contribution is 2.31. The molecule has 1 unspecified atom stereocenters. The summed E-state index contributed by atoms with van der Waals surface area (Å²) in [6.07, 6.45) is 4.32. The molecule has 4 aromatic rings. The molecule has 0 aliphatic rings. The Labute approximate surface area is 210 Å². The van der Waals surface area contributed by atoms with Crippen molar-refractivity contribution in [1.29, 1.82) is 5.41 Å². The molecule has 0 aliphatic carbocycles. The first-order valence-electron chi connectivity index (χ1n) is 10.8. The predicted molar refractivity (Wildman–Crippen MR) is 131 cm³/mol. The lowest BCUT2D eigenvalue weighted by Crippen LogP contribution is -2.17. The maximum absolute atomic E-state index is 12.8. The lowest BCUT2D eigenvalue weighted by Gasteiger charge is -2.20. The third kappa shape index (κ3) is 5.53. The fourth-order valence-corrected chi connectivity index (χ4v) is 3.45. The van der Waals surface area contributed by atoms with Gasteiger partial charge in [0.2, 0.25) is 11.8 Å². The van der Waals surface area contributed by atoms with Crippen molar-refractivity contribution in [1.82, 2.24) is 29.7 Å². The second-order valence-electron chi connectivity index (χ2n) is 7.57. The minimum absolute atomic E-state index is 0.0900. The summed E-state index contributed by atoms with van der Waals surface area (Å²) in [5, 5.41) is 15.5. The quantitative estimate of drug-likeness (QED) is 0.110. The number of rotatable bonds is 9. The summed E-state index contributed by atoms with van der Waals surface area (Å²) in [6.45, 7) is 1.24. The van der Waals surface area contributed by atoms with E-state index in [4.69, 9.17) is 25.4 Å². The monoisotopic (exact) mass is 505 g/mol. The maximum atomic E-state index is 12.8. The minimum Gasteiger partial charge on any atom is -0.481 e. The van der Waals surface area contributed by atoms with Crippen LogP contribution in [0.15, 0.2) is 53.7 Å². The SMILES string of the molecule is COc1cc(C(Nc2ccc(C(=N)N)c(OC(C)=O)c2)c2nn(-c3cnccn3)c(=O)[nH]2)cc(OC)n1. The molecule has 0 bridgehead atoms. The molecule has 5 N–H and O–H groups in total. The van der Waals surface area contributed by atoms with E-state index in [1.807, 2.05) is 0 Å². The number of hydrogen-bond donors (Lipinski definition) is 4. The van der Waals surface area contributed by atoms with E-state index in [9.17, 15) is 9.59 Å². The number of nitrogens with one attached hydrogen (secondary N) is 3. The number of anilines is 1. The molecular weight excluding hydrogens is 482 g/mol. The molecule has 3 aromatic heterocycles. The molecule has 0 amide bonds. The molecule has 1 aromatic carbocycles. The van der Waals surface area contributed by atoms with Gasteiger partial charge >= 0.3 is 11.7 Å². The number of aromatic amines is 1. The van der Waals surface area contributed by atoms with E-state index in [1.165, 1.54) is 51.9 Å². The van der Waals surface area contributed by atoms with E-state index in [0.29, 0.717) is 11.3 Å². The molecule has 0 aliphatic heterocycles. The lowest BCUT2D eigenvalue weighted by molar-refractivity contribution is -0.131. The Balaban J connectivity index is 1.83. The molecule has 0 fully saturated rings. The number of carbonyl (C=O) groups is 1. The molecular formula is C23H23N9O5. The number of nitrogens with two attached hydrogens (primary N) is 1. The first-order chi connectivity index (χ1) is 17.8. The van der Waals surface area contributed by atoms with Crippen LogP contribution in [-0.2, 0) is 4.79 Å². The molecule has 0 spiro atoms. The zero-order chi connectivity index (χ0) is 26.5. The predicted octanol–water partition coefficient (Wildman–Crippen LogP) is 1.17. The molecule has 0 saturated carbocycles. The molecule has 4 rings (SSSR count). The van der Waals surface area contributed by atoms with E-state index in [2.05, 4.69) is 30.4 Å². The number of nitrogens with zero attached hydrogens (tertiary/aromatic N) is 5. The van der Waals surface area contributed by atoms with E-state index in [0.717, 1.165) is 4.68 Å². The smallest absolute Gasteiger partial charge is 0.349 e. The van der Waals surface area contributed by atoms with Crippen molar-refractivity contribution >= 4 is 17.5 Å². The highest BCUT2D eigenvalue weighted by Gasteiger charge is 2.23. The molecule has 3 heterocycles. The first-order valence-corrected chi connectivity index (χ1v) is 10.8. The average molecular weight is 505 g/mol. The van der Waals surface area contributed by atoms with E-state index in [1.54, 1.807) is 18.2 Å². The maximum Gasteiger partial charge on any atom is 0.349 e. The number of nitrogen functional groups attached to an aromatic ring is 1. The van der Waals surface area contributed by atoms with Gasteiger partial charge in [0.25, 0.3) is 0 Å². The Hall–Kier alpha value is -5.27. The number of methoxy groups -OCH3 is 2. The van der Waals surface area contributed by atoms with Crippen LogP contribution in [0.1, 0.15) is 29.9 Å². The largest absolute Gasteiger partial charge is 0.481 e. The lowest BCUT2D eigenvalue weighted by atomic mass is 10.1. The fourth-order valence-electron chi connectivity index (χ4n) is 3.45. The Bertz CT molecular complexity index is 1480. The summed E-state index contributed by atoms with van der Waals surface area (Å²) >= 11 is 0. The zero-order valence-electron chi connectivity index (χ0n) is 20.1. The van der Waals surface area contributed by atoms with Crippen molar-refractivity contribution in [3.63, 3.8) is 0 Å². The van der Waals surface area contributed by atoms with Gasteiger partial charge in [0.15, 0.2) is 11.6 Å². The Kier molecular flexibility index (Phi) is 7.09. The third-order valence-corrected chi connectivity index (χ3v) is 5.06. The van der Waals surface area contributed by atoms with Gasteiger partial charge < -0.3 is 25.3 Å². The average Bonchev–Trinajstić information content (AvgIpc) is 3.28. The van der Waals surface area contributed by atoms with Gasteiger partial charge in [0, 0.05) is 43.2 Å². The van der Waals surface area contributed by atoms with Crippen molar-refractivity contribution in [2.75, 3.05) is 19.5 Å². The highest BCUT2D eigenvalue weighted by molar-refractivity contribution is 5.98. The van der Waals surface area contributed by atoms with Crippen LogP contribution in [0, 0.1) is 5.41 Å². The van der Waals surface area contributed by atoms with Crippen LogP contribution in [0.2, 0.25) is 0 Å². The van der Waals surface area contributed by atoms with E-state index >= 15 is 0 Å². The number of benzene rings is 1. The number of carbonyl (C=O) groups excluding carboxylic acids is 1. The molecule has 190 valence electrons. The van der Waals surface area contributed by atoms with Gasteiger partial charge in [0.05, 0.1) is 26.0 Å². The van der Waals surface area contributed by atoms with Crippen molar-refractivity contribution in [2.24, 2.45) is 5.73 Å². The van der Waals surface area contributed by atoms with Crippen LogP contribution >= 0.6 is 0 Å². The molecule has 1 atom stereocenters. The molecule has 14 nitrogen and oxygen atoms in total. The van der Waals surface area contributed by atoms with Crippen molar-refractivity contribution in [3.05, 3.63) is 76.4 Å². The molecule has 14 heteroatoms. The van der Waals surface area contributed by atoms with Crippen LogP contribution in [0.5, 0.6) is 17.5 Å². The number of amidine groups is 1. The number of esters is 1. The Morgan fingerprint density at radius 2 is 1.89 bits per heavy atom. The highest BCUT2D eigenvalue weighted by atomic mass is 16.5. The zero-order valence-corrected chi connectivity index (χ0v) is 20.1. The summed E-state index contributed by atoms with van der Waals surface area (Å²) < 4.78 is 16.9. The normalized spacial score (nSPS) is 11.4. The van der Waals surface area contributed by atoms with Crippen molar-refractivity contribution in [2.45, 2.75) is 13.0 Å². The Morgan fingerprint density at radius 1 is 1.16 bits per heavy atom. The van der Waals surface area contributed by atoms with Gasteiger partial charge in [-0.15, -0.1) is 5.10 Å². The third-order valence-electron chi connectivity index (χ3n) is 5.06. The van der Waals surface area contributed by atoms with Crippen molar-refractivity contribution in [3.8, 4) is 23.3 Å². The second kappa shape index (κ2) is 10.6. The summed E-state index contributed by atoms with van der Waals surface area (Å²) in [6, 6.07) is 7.22. The standard InChI is InChI=1S/C23H23N9O5/c1-12(33)37-16-10-14(4-5-15(16)21(24)25)28-20(13-8-18(35-2)29-19(9-13)36-3)22-30-23(34)32(31-22)17-11-26-6-7-27-17/h4-11,20,28H,1-3H3,(H3,24,25)(H,30,31,34). The number of pyridine rings is 1. The van der Waals surface area contributed by atoms with Gasteiger partial charge in [-0.25, -0.2) is 9.78 Å². The first kappa shape index (κ1) is 24.8. The number of H-pyrrole nitrogens is 1. The number of hydrogen-bond acceptors (Lipinski definition) is 11. The summed E-state index contributed by atoms with van der Waals surface area (Å²) in [5.41, 5.74) is 6.38. The van der Waals surface area contributed by atoms with Gasteiger partial charge in [-0.05, 0) is 17.7 Å². The van der Waals surface area contributed by atoms with Crippen LogP contribution in [0.3, 0.4) is 0 Å². The minimum atomic E-state index is -0.773. The van der Waals surface area contributed by atoms with Crippen LogP contribution in [-0.4, -0.2) is 55.7 Å². The van der Waals surface area contributed by atoms with Gasteiger partial charge in [-0.1, -0.05) is 0 Å². The van der Waals surface area contributed by atoms with Gasteiger partial charge in [-0.2, -0.15) is 9.67 Å². The molecule has 0 saturated heterocycles. The van der Waals surface area contributed by atoms with Crippen LogP contribution < -0.4 is 31.0 Å². The summed E-state index contributed by atoms with van der Waals surface area (Å²) in [5.74, 6) is 0.222. The number of ether oxygens (including phenoxy) is 3. The molecule has 0 radical (unpaired) electrons. The topological polar surface area (TPSA) is 196 Å². The van der Waals surface area contributed by atoms with Gasteiger partial charge in [0.1, 0.15) is 17.6 Å². The van der Waals surface area contributed by atoms with Crippen molar-refractivity contribution < 1.29 is 19.0 Å². The second-order valence-corrected chi connectivity index (χ2v) is 7.57. The van der Waals surface area contributed by atoms with E-state index < -0.39 is 17.7 Å². The molecule has 37 heavy (non-hydrogen) atoms.